The summed E-state index contributed by atoms with van der Waals surface area (Å²) in [6.45, 7) is 9.23. The quantitative estimate of drug-likeness (QED) is 0.567. The molecular weight excluding hydrogens is 368 g/mol. The Bertz CT molecular complexity index is 876. The monoisotopic (exact) mass is 386 g/mol. The second kappa shape index (κ2) is 8.23. The molecule has 0 spiro atoms. The number of ether oxygens (including phenoxy) is 2. The van der Waals surface area contributed by atoms with Crippen molar-refractivity contribution in [2.75, 3.05) is 19.0 Å². The van der Waals surface area contributed by atoms with Crippen LogP contribution in [0.5, 0.6) is 5.75 Å². The molecule has 1 aromatic heterocycles. The van der Waals surface area contributed by atoms with E-state index in [9.17, 15) is 4.79 Å². The maximum atomic E-state index is 12.0. The van der Waals surface area contributed by atoms with Gasteiger partial charge in [0.1, 0.15) is 29.0 Å². The van der Waals surface area contributed by atoms with Crippen molar-refractivity contribution in [3.8, 4) is 5.75 Å². The van der Waals surface area contributed by atoms with E-state index in [1.54, 1.807) is 24.3 Å². The summed E-state index contributed by atoms with van der Waals surface area (Å²) in [5.41, 5.74) is 0.630. The predicted octanol–water partition coefficient (Wildman–Crippen LogP) is 4.22. The van der Waals surface area contributed by atoms with Gasteiger partial charge in [-0.3, -0.25) is 0 Å². The van der Waals surface area contributed by atoms with Crippen LogP contribution in [0.3, 0.4) is 0 Å². The number of rotatable bonds is 7. The van der Waals surface area contributed by atoms with Gasteiger partial charge in [-0.2, -0.15) is 0 Å². The van der Waals surface area contributed by atoms with E-state index in [1.807, 2.05) is 6.92 Å². The van der Waals surface area contributed by atoms with Gasteiger partial charge in [-0.05, 0) is 31.9 Å². The molecule has 1 atom stereocenters. The molecule has 0 saturated heterocycles. The minimum atomic E-state index is -0.587. The highest BCUT2D eigenvalue weighted by Crippen LogP contribution is 2.39. The van der Waals surface area contributed by atoms with Crippen LogP contribution < -0.4 is 10.1 Å². The van der Waals surface area contributed by atoms with Crippen LogP contribution in [0.15, 0.2) is 24.3 Å². The number of halogens is 1. The van der Waals surface area contributed by atoms with E-state index < -0.39 is 5.97 Å². The van der Waals surface area contributed by atoms with Gasteiger partial charge < -0.3 is 14.8 Å². The zero-order valence-corrected chi connectivity index (χ0v) is 15.8. The van der Waals surface area contributed by atoms with Gasteiger partial charge in [0.2, 0.25) is 0 Å². The number of hydrogen-bond donors (Lipinski definition) is 1. The number of esters is 1. The number of anilines is 1. The van der Waals surface area contributed by atoms with Crippen LogP contribution in [0.2, 0.25) is 5.02 Å². The van der Waals surface area contributed by atoms with Crippen LogP contribution in [0.4, 0.5) is 11.5 Å². The standard InChI is InChI=1S/C19H19ClN4O3/c1-11(10-27-14-8-6-13(21-2)7-9-14)22-18-15(20)16(19(25)26-3)23-17(24-18)12-4-5-12/h6-9,11-12H,4-5,10H2,1,3H3,(H,22,23,24). The van der Waals surface area contributed by atoms with E-state index in [4.69, 9.17) is 27.6 Å². The third-order valence-corrected chi connectivity index (χ3v) is 4.40. The van der Waals surface area contributed by atoms with E-state index in [0.717, 1.165) is 12.8 Å². The van der Waals surface area contributed by atoms with Crippen molar-refractivity contribution in [1.29, 1.82) is 0 Å². The lowest BCUT2D eigenvalue weighted by molar-refractivity contribution is 0.0593. The van der Waals surface area contributed by atoms with Crippen LogP contribution in [-0.2, 0) is 4.74 Å². The molecule has 0 radical (unpaired) electrons. The van der Waals surface area contributed by atoms with Gasteiger partial charge in [0, 0.05) is 5.92 Å². The molecule has 1 aromatic carbocycles. The molecule has 1 heterocycles. The Morgan fingerprint density at radius 3 is 2.67 bits per heavy atom. The van der Waals surface area contributed by atoms with Gasteiger partial charge >= 0.3 is 5.97 Å². The molecular formula is C19H19ClN4O3. The Morgan fingerprint density at radius 2 is 2.07 bits per heavy atom. The molecule has 7 nitrogen and oxygen atoms in total. The van der Waals surface area contributed by atoms with Crippen molar-refractivity contribution in [3.05, 3.63) is 52.2 Å². The highest BCUT2D eigenvalue weighted by Gasteiger charge is 2.30. The molecule has 2 aromatic rings. The average molecular weight is 387 g/mol. The molecule has 0 bridgehead atoms. The summed E-state index contributed by atoms with van der Waals surface area (Å²) in [5, 5.41) is 3.32. The van der Waals surface area contributed by atoms with Crippen LogP contribution in [0.1, 0.15) is 42.0 Å². The first kappa shape index (κ1) is 18.9. The molecule has 3 rings (SSSR count). The molecule has 1 fully saturated rings. The SMILES string of the molecule is [C-]#[N+]c1ccc(OCC(C)Nc2nc(C3CC3)nc(C(=O)OC)c2Cl)cc1. The van der Waals surface area contributed by atoms with Crippen molar-refractivity contribution in [2.45, 2.75) is 31.7 Å². The minimum Gasteiger partial charge on any atom is -0.492 e. The van der Waals surface area contributed by atoms with Crippen LogP contribution in [0, 0.1) is 6.57 Å². The van der Waals surface area contributed by atoms with Crippen molar-refractivity contribution in [1.82, 2.24) is 9.97 Å². The first-order valence-corrected chi connectivity index (χ1v) is 8.92. The number of carbonyl (C=O) groups is 1. The Kier molecular flexibility index (Phi) is 5.77. The number of nitrogens with zero attached hydrogens (tertiary/aromatic N) is 3. The first-order chi connectivity index (χ1) is 13.0. The maximum Gasteiger partial charge on any atom is 0.358 e. The third-order valence-electron chi connectivity index (χ3n) is 4.04. The maximum absolute atomic E-state index is 12.0. The smallest absolute Gasteiger partial charge is 0.358 e. The summed E-state index contributed by atoms with van der Waals surface area (Å²) >= 11 is 6.32. The second-order valence-corrected chi connectivity index (χ2v) is 6.70. The molecule has 1 N–H and O–H groups in total. The topological polar surface area (TPSA) is 77.7 Å². The van der Waals surface area contributed by atoms with Crippen LogP contribution in [0.25, 0.3) is 4.85 Å². The molecule has 1 aliphatic rings. The van der Waals surface area contributed by atoms with E-state index in [2.05, 4.69) is 20.1 Å². The van der Waals surface area contributed by atoms with E-state index >= 15 is 0 Å². The minimum absolute atomic E-state index is 0.0708. The first-order valence-electron chi connectivity index (χ1n) is 8.54. The second-order valence-electron chi connectivity index (χ2n) is 6.32. The summed E-state index contributed by atoms with van der Waals surface area (Å²) in [5.74, 6) is 1.34. The van der Waals surface area contributed by atoms with Gasteiger partial charge in [-0.1, -0.05) is 23.7 Å². The van der Waals surface area contributed by atoms with Gasteiger partial charge in [0.05, 0.1) is 19.7 Å². The Labute approximate surface area is 162 Å². The van der Waals surface area contributed by atoms with Crippen LogP contribution in [-0.4, -0.2) is 35.7 Å². The number of benzene rings is 1. The van der Waals surface area contributed by atoms with E-state index in [-0.39, 0.29) is 22.7 Å². The zero-order valence-electron chi connectivity index (χ0n) is 15.0. The predicted molar refractivity (Wildman–Crippen MR) is 102 cm³/mol. The normalized spacial score (nSPS) is 14.1. The van der Waals surface area contributed by atoms with Crippen molar-refractivity contribution >= 4 is 29.1 Å². The lowest BCUT2D eigenvalue weighted by atomic mass is 10.3. The lowest BCUT2D eigenvalue weighted by Crippen LogP contribution is -2.25. The van der Waals surface area contributed by atoms with Gasteiger partial charge in [-0.15, -0.1) is 0 Å². The fourth-order valence-electron chi connectivity index (χ4n) is 2.43. The molecule has 27 heavy (non-hydrogen) atoms. The summed E-state index contributed by atoms with van der Waals surface area (Å²) < 4.78 is 10.5. The fourth-order valence-corrected chi connectivity index (χ4v) is 2.65. The van der Waals surface area contributed by atoms with Crippen LogP contribution >= 0.6 is 11.6 Å². The van der Waals surface area contributed by atoms with Gasteiger partial charge in [-0.25, -0.2) is 19.6 Å². The molecule has 1 aliphatic carbocycles. The average Bonchev–Trinajstić information content (AvgIpc) is 3.53. The van der Waals surface area contributed by atoms with E-state index in [1.165, 1.54) is 7.11 Å². The number of carbonyl (C=O) groups excluding carboxylic acids is 1. The summed E-state index contributed by atoms with van der Waals surface area (Å²) in [6, 6.07) is 6.77. The molecule has 1 unspecified atom stereocenters. The lowest BCUT2D eigenvalue weighted by Gasteiger charge is -2.18. The fraction of sp³-hybridized carbons (Fsp3) is 0.368. The molecule has 140 valence electrons. The Hall–Kier alpha value is -2.85. The van der Waals surface area contributed by atoms with E-state index in [0.29, 0.717) is 29.7 Å². The number of aromatic nitrogens is 2. The van der Waals surface area contributed by atoms with Crippen molar-refractivity contribution in [3.63, 3.8) is 0 Å². The summed E-state index contributed by atoms with van der Waals surface area (Å²) in [7, 11) is 1.29. The molecule has 0 amide bonds. The molecule has 1 saturated carbocycles. The Morgan fingerprint density at radius 1 is 1.37 bits per heavy atom. The molecule has 0 aliphatic heterocycles. The van der Waals surface area contributed by atoms with Crippen molar-refractivity contribution in [2.24, 2.45) is 0 Å². The number of methoxy groups -OCH3 is 1. The summed E-state index contributed by atoms with van der Waals surface area (Å²) in [4.78, 5) is 24.1. The summed E-state index contributed by atoms with van der Waals surface area (Å²) in [6.07, 6.45) is 2.00. The number of hydrogen-bond acceptors (Lipinski definition) is 6. The largest absolute Gasteiger partial charge is 0.492 e. The highest BCUT2D eigenvalue weighted by atomic mass is 35.5. The highest BCUT2D eigenvalue weighted by molar-refractivity contribution is 6.35. The van der Waals surface area contributed by atoms with Crippen molar-refractivity contribution < 1.29 is 14.3 Å². The van der Waals surface area contributed by atoms with Gasteiger partial charge in [0.15, 0.2) is 11.4 Å². The molecule has 8 heteroatoms. The van der Waals surface area contributed by atoms with Gasteiger partial charge in [0.25, 0.3) is 0 Å². The Balaban J connectivity index is 1.70. The zero-order chi connectivity index (χ0) is 19.4. The third kappa shape index (κ3) is 4.66. The number of nitrogens with one attached hydrogen (secondary N) is 1.